The highest BCUT2D eigenvalue weighted by Crippen LogP contribution is 2.33. The van der Waals surface area contributed by atoms with Crippen molar-refractivity contribution in [1.29, 1.82) is 0 Å². The van der Waals surface area contributed by atoms with Crippen LogP contribution in [0.5, 0.6) is 0 Å². The number of pyridine rings is 2. The fourth-order valence-corrected chi connectivity index (χ4v) is 3.37. The second kappa shape index (κ2) is 8.99. The van der Waals surface area contributed by atoms with E-state index in [-0.39, 0.29) is 18.3 Å². The number of carbonyl (C=O) groups excluding carboxylic acids is 1. The maximum Gasteiger partial charge on any atom is 0.253 e. The molecule has 6 heteroatoms. The number of carbonyl (C=O) groups is 1. The summed E-state index contributed by atoms with van der Waals surface area (Å²) in [6, 6.07) is 17.8. The maximum atomic E-state index is 12.8. The lowest BCUT2D eigenvalue weighted by Gasteiger charge is -2.14. The van der Waals surface area contributed by atoms with Gasteiger partial charge in [-0.1, -0.05) is 36.4 Å². The number of nitrogens with one attached hydrogen (secondary N) is 1. The van der Waals surface area contributed by atoms with E-state index in [4.69, 9.17) is 4.98 Å². The van der Waals surface area contributed by atoms with Crippen LogP contribution in [0, 0.1) is 0 Å². The number of benzene rings is 2. The molecule has 0 aliphatic heterocycles. The smallest absolute Gasteiger partial charge is 0.253 e. The van der Waals surface area contributed by atoms with Gasteiger partial charge in [-0.15, -0.1) is 12.4 Å². The zero-order valence-corrected chi connectivity index (χ0v) is 17.2. The standard InChI is InChI=1S/C23H22N4O.ClH/c1-27(2)14-13-25-23(28)20-11-5-10-19-17-8-3-4-9-18(17)21(26-22(19)20)16-7-6-12-24-15-16;/h3-12,15H,13-14H2,1-2H3,(H,25,28);1H. The monoisotopic (exact) mass is 406 g/mol. The quantitative estimate of drug-likeness (QED) is 0.505. The van der Waals surface area contributed by atoms with E-state index in [0.717, 1.165) is 34.0 Å². The minimum absolute atomic E-state index is 0. The Morgan fingerprint density at radius 2 is 1.72 bits per heavy atom. The predicted octanol–water partition coefficient (Wildman–Crippen LogP) is 4.16. The van der Waals surface area contributed by atoms with E-state index in [1.165, 1.54) is 0 Å². The minimum Gasteiger partial charge on any atom is -0.351 e. The number of likely N-dealkylation sites (N-methyl/N-ethyl adjacent to an activating group) is 1. The lowest BCUT2D eigenvalue weighted by atomic mass is 9.99. The van der Waals surface area contributed by atoms with Gasteiger partial charge >= 0.3 is 0 Å². The molecule has 0 saturated heterocycles. The number of hydrogen-bond donors (Lipinski definition) is 1. The van der Waals surface area contributed by atoms with Gasteiger partial charge in [0.15, 0.2) is 0 Å². The molecule has 148 valence electrons. The zero-order chi connectivity index (χ0) is 19.5. The van der Waals surface area contributed by atoms with Crippen molar-refractivity contribution in [3.63, 3.8) is 0 Å². The lowest BCUT2D eigenvalue weighted by Crippen LogP contribution is -2.31. The summed E-state index contributed by atoms with van der Waals surface area (Å²) in [6.07, 6.45) is 3.55. The summed E-state index contributed by atoms with van der Waals surface area (Å²) in [4.78, 5) is 24.0. The van der Waals surface area contributed by atoms with Gasteiger partial charge < -0.3 is 10.2 Å². The molecule has 2 heterocycles. The maximum absolute atomic E-state index is 12.8. The van der Waals surface area contributed by atoms with Crippen LogP contribution in [-0.2, 0) is 0 Å². The largest absolute Gasteiger partial charge is 0.351 e. The van der Waals surface area contributed by atoms with E-state index in [2.05, 4.69) is 22.4 Å². The number of fused-ring (bicyclic) bond motifs is 3. The van der Waals surface area contributed by atoms with E-state index in [1.54, 1.807) is 12.4 Å². The molecular formula is C23H23ClN4O. The van der Waals surface area contributed by atoms with Gasteiger partial charge in [0.1, 0.15) is 0 Å². The minimum atomic E-state index is -0.104. The molecule has 0 saturated carbocycles. The summed E-state index contributed by atoms with van der Waals surface area (Å²) in [5, 5.41) is 6.10. The molecule has 1 N–H and O–H groups in total. The lowest BCUT2D eigenvalue weighted by molar-refractivity contribution is 0.0952. The fraction of sp³-hybridized carbons (Fsp3) is 0.174. The Balaban J connectivity index is 0.00000240. The van der Waals surface area contributed by atoms with Crippen molar-refractivity contribution in [2.75, 3.05) is 27.2 Å². The van der Waals surface area contributed by atoms with E-state index >= 15 is 0 Å². The molecule has 1 amide bonds. The molecule has 0 fully saturated rings. The van der Waals surface area contributed by atoms with Gasteiger partial charge in [0, 0.05) is 41.8 Å². The Morgan fingerprint density at radius 1 is 0.966 bits per heavy atom. The molecule has 4 rings (SSSR count). The number of hydrogen-bond acceptors (Lipinski definition) is 4. The van der Waals surface area contributed by atoms with Crippen molar-refractivity contribution >= 4 is 40.0 Å². The van der Waals surface area contributed by atoms with Crippen LogP contribution in [0.3, 0.4) is 0 Å². The van der Waals surface area contributed by atoms with Crippen LogP contribution >= 0.6 is 12.4 Å². The number of amides is 1. The first-order valence-electron chi connectivity index (χ1n) is 9.30. The molecule has 0 aliphatic carbocycles. The normalized spacial score (nSPS) is 10.9. The Hall–Kier alpha value is -3.02. The number of aromatic nitrogens is 2. The Bertz CT molecular complexity index is 1150. The van der Waals surface area contributed by atoms with Gasteiger partial charge in [0.05, 0.1) is 16.8 Å². The first-order chi connectivity index (χ1) is 13.6. The van der Waals surface area contributed by atoms with Crippen LogP contribution in [0.25, 0.3) is 32.9 Å². The average Bonchev–Trinajstić information content (AvgIpc) is 2.73. The van der Waals surface area contributed by atoms with E-state index in [1.807, 2.05) is 61.5 Å². The molecule has 0 bridgehead atoms. The molecule has 0 spiro atoms. The highest BCUT2D eigenvalue weighted by atomic mass is 35.5. The van der Waals surface area contributed by atoms with Crippen LogP contribution in [-0.4, -0.2) is 48.0 Å². The topological polar surface area (TPSA) is 58.1 Å². The molecule has 4 aromatic rings. The summed E-state index contributed by atoms with van der Waals surface area (Å²) >= 11 is 0. The number of rotatable bonds is 5. The molecule has 5 nitrogen and oxygen atoms in total. The summed E-state index contributed by atoms with van der Waals surface area (Å²) in [5.41, 5.74) is 3.07. The second-order valence-electron chi connectivity index (χ2n) is 7.01. The van der Waals surface area contributed by atoms with Crippen molar-refractivity contribution in [1.82, 2.24) is 20.2 Å². The van der Waals surface area contributed by atoms with Crippen molar-refractivity contribution in [3.05, 3.63) is 72.6 Å². The Labute approximate surface area is 176 Å². The van der Waals surface area contributed by atoms with Crippen LogP contribution in [0.15, 0.2) is 67.0 Å². The molecular weight excluding hydrogens is 384 g/mol. The molecule has 2 aromatic carbocycles. The second-order valence-corrected chi connectivity index (χ2v) is 7.01. The summed E-state index contributed by atoms with van der Waals surface area (Å²) in [5.74, 6) is -0.104. The van der Waals surface area contributed by atoms with Crippen molar-refractivity contribution in [2.45, 2.75) is 0 Å². The van der Waals surface area contributed by atoms with E-state index in [0.29, 0.717) is 17.6 Å². The van der Waals surface area contributed by atoms with E-state index < -0.39 is 0 Å². The third kappa shape index (κ3) is 4.21. The van der Waals surface area contributed by atoms with Gasteiger partial charge in [0.2, 0.25) is 0 Å². The first kappa shape index (κ1) is 20.7. The number of nitrogens with zero attached hydrogens (tertiary/aromatic N) is 3. The van der Waals surface area contributed by atoms with Crippen LogP contribution in [0.2, 0.25) is 0 Å². The Morgan fingerprint density at radius 3 is 2.45 bits per heavy atom. The highest BCUT2D eigenvalue weighted by Gasteiger charge is 2.16. The number of para-hydroxylation sites is 1. The van der Waals surface area contributed by atoms with Crippen molar-refractivity contribution in [2.24, 2.45) is 0 Å². The van der Waals surface area contributed by atoms with Gasteiger partial charge in [-0.25, -0.2) is 4.98 Å². The van der Waals surface area contributed by atoms with Gasteiger partial charge in [0.25, 0.3) is 5.91 Å². The summed E-state index contributed by atoms with van der Waals surface area (Å²) < 4.78 is 0. The van der Waals surface area contributed by atoms with Gasteiger partial charge in [-0.2, -0.15) is 0 Å². The third-order valence-electron chi connectivity index (χ3n) is 4.76. The zero-order valence-electron chi connectivity index (χ0n) is 16.4. The van der Waals surface area contributed by atoms with Crippen LogP contribution in [0.1, 0.15) is 10.4 Å². The third-order valence-corrected chi connectivity index (χ3v) is 4.76. The molecule has 0 aliphatic rings. The van der Waals surface area contributed by atoms with Gasteiger partial charge in [-0.05, 0) is 37.7 Å². The van der Waals surface area contributed by atoms with Crippen LogP contribution in [0.4, 0.5) is 0 Å². The Kier molecular flexibility index (Phi) is 6.42. The van der Waals surface area contributed by atoms with Crippen molar-refractivity contribution < 1.29 is 4.79 Å². The highest BCUT2D eigenvalue weighted by molar-refractivity contribution is 6.16. The summed E-state index contributed by atoms with van der Waals surface area (Å²) in [6.45, 7) is 1.37. The SMILES string of the molecule is CN(C)CCNC(=O)c1cccc2c1nc(-c1cccnc1)c1ccccc12.Cl. The van der Waals surface area contributed by atoms with Crippen LogP contribution < -0.4 is 5.32 Å². The average molecular weight is 407 g/mol. The fourth-order valence-electron chi connectivity index (χ4n) is 3.37. The van der Waals surface area contributed by atoms with Gasteiger partial charge in [-0.3, -0.25) is 9.78 Å². The molecule has 2 aromatic heterocycles. The molecule has 0 atom stereocenters. The van der Waals surface area contributed by atoms with E-state index in [9.17, 15) is 4.79 Å². The molecule has 0 unspecified atom stereocenters. The molecule has 0 radical (unpaired) electrons. The number of halogens is 1. The predicted molar refractivity (Wildman–Crippen MR) is 121 cm³/mol. The van der Waals surface area contributed by atoms with Crippen molar-refractivity contribution in [3.8, 4) is 11.3 Å². The first-order valence-corrected chi connectivity index (χ1v) is 9.30. The summed E-state index contributed by atoms with van der Waals surface area (Å²) in [7, 11) is 3.97. The molecule has 29 heavy (non-hydrogen) atoms.